The molecule has 1 N–H and O–H groups in total. The summed E-state index contributed by atoms with van der Waals surface area (Å²) in [7, 11) is 0. The molecule has 2 aliphatic carbocycles. The average molecular weight is 406 g/mol. The molecule has 0 aromatic rings. The van der Waals surface area contributed by atoms with Crippen molar-refractivity contribution in [2.45, 2.75) is 71.3 Å². The van der Waals surface area contributed by atoms with E-state index in [0.29, 0.717) is 11.5 Å². The number of allylic oxidation sites excluding steroid dienone is 8. The Labute approximate surface area is 181 Å². The van der Waals surface area contributed by atoms with E-state index >= 15 is 0 Å². The number of Topliss-reactive ketones (excluding diaryl/α,β-unsaturated/α-hetero) is 1. The van der Waals surface area contributed by atoms with Crippen molar-refractivity contribution in [2.75, 3.05) is 0 Å². The van der Waals surface area contributed by atoms with Crippen molar-refractivity contribution in [3.63, 3.8) is 0 Å². The van der Waals surface area contributed by atoms with Crippen LogP contribution in [0.2, 0.25) is 0 Å². The fourth-order valence-electron chi connectivity index (χ4n) is 4.69. The number of fused-ring (bicyclic) bond motifs is 1. The van der Waals surface area contributed by atoms with Gasteiger partial charge in [-0.1, -0.05) is 67.4 Å². The molecule has 2 atom stereocenters. The first-order valence-corrected chi connectivity index (χ1v) is 11.3. The van der Waals surface area contributed by atoms with E-state index in [4.69, 9.17) is 0 Å². The number of hydrogen-bond donors (Lipinski definition) is 1. The Hall–Kier alpha value is -2.42. The fourth-order valence-corrected chi connectivity index (χ4v) is 4.69. The fraction of sp³-hybridized carbons (Fsp3) is 0.481. The van der Waals surface area contributed by atoms with Gasteiger partial charge in [-0.3, -0.25) is 4.79 Å². The van der Waals surface area contributed by atoms with Gasteiger partial charge in [0, 0.05) is 24.1 Å². The number of ketones is 1. The van der Waals surface area contributed by atoms with E-state index < -0.39 is 5.92 Å². The molecule has 0 bridgehead atoms. The average Bonchev–Trinajstić information content (AvgIpc) is 3.08. The summed E-state index contributed by atoms with van der Waals surface area (Å²) in [6.07, 6.45) is 24.7. The molecule has 0 spiro atoms. The minimum absolute atomic E-state index is 0.0108. The highest BCUT2D eigenvalue weighted by atomic mass is 16.1. The normalized spacial score (nSPS) is 26.1. The molecule has 0 amide bonds. The van der Waals surface area contributed by atoms with Gasteiger partial charge in [0.2, 0.25) is 0 Å². The second kappa shape index (κ2) is 10.1. The lowest BCUT2D eigenvalue weighted by molar-refractivity contribution is -0.119. The van der Waals surface area contributed by atoms with E-state index in [0.717, 1.165) is 23.9 Å². The van der Waals surface area contributed by atoms with Gasteiger partial charge in [-0.2, -0.15) is 0 Å². The van der Waals surface area contributed by atoms with Crippen LogP contribution in [0.1, 0.15) is 65.7 Å². The van der Waals surface area contributed by atoms with Gasteiger partial charge in [0.25, 0.3) is 0 Å². The van der Waals surface area contributed by atoms with Crippen LogP contribution in [0.3, 0.4) is 0 Å². The number of carbonyl (C=O) groups is 2. The predicted molar refractivity (Wildman–Crippen MR) is 124 cm³/mol. The standard InChI is InChI=1S/C27H35NO2/c1-4-9-22(13-8-12-21-10-6-5-7-11-21)26(30)17-23(19-29)24-18-28-27(3)15-14-20(2)16-25(24)27/h4,8-9,12-14,16,18-19,21,23,28H,5-7,10-11,15,17H2,1-3H3/b9-4-,12-8+,22-13+. The van der Waals surface area contributed by atoms with Gasteiger partial charge in [0.1, 0.15) is 6.29 Å². The Morgan fingerprint density at radius 1 is 1.30 bits per heavy atom. The van der Waals surface area contributed by atoms with Crippen molar-refractivity contribution in [3.05, 3.63) is 71.0 Å². The van der Waals surface area contributed by atoms with E-state index in [1.165, 1.54) is 37.7 Å². The first kappa shape index (κ1) is 22.3. The third kappa shape index (κ3) is 5.19. The topological polar surface area (TPSA) is 46.2 Å². The van der Waals surface area contributed by atoms with Gasteiger partial charge >= 0.3 is 0 Å². The van der Waals surface area contributed by atoms with Gasteiger partial charge in [-0.15, -0.1) is 0 Å². The number of hydrogen-bond acceptors (Lipinski definition) is 3. The van der Waals surface area contributed by atoms with E-state index in [-0.39, 0.29) is 17.7 Å². The van der Waals surface area contributed by atoms with Gasteiger partial charge in [-0.25, -0.2) is 0 Å². The lowest BCUT2D eigenvalue weighted by Gasteiger charge is -2.31. The third-order valence-corrected chi connectivity index (χ3v) is 6.60. The van der Waals surface area contributed by atoms with Crippen LogP contribution in [0, 0.1) is 11.8 Å². The molecule has 0 saturated heterocycles. The molecule has 3 nitrogen and oxygen atoms in total. The molecule has 0 aromatic heterocycles. The first-order valence-electron chi connectivity index (χ1n) is 11.3. The molecule has 3 heteroatoms. The molecule has 1 fully saturated rings. The van der Waals surface area contributed by atoms with Crippen molar-refractivity contribution in [2.24, 2.45) is 11.8 Å². The van der Waals surface area contributed by atoms with Gasteiger partial charge in [-0.05, 0) is 57.1 Å². The van der Waals surface area contributed by atoms with Gasteiger partial charge < -0.3 is 10.1 Å². The molecule has 0 radical (unpaired) electrons. The van der Waals surface area contributed by atoms with Crippen molar-refractivity contribution < 1.29 is 9.59 Å². The summed E-state index contributed by atoms with van der Waals surface area (Å²) in [5.41, 5.74) is 3.78. The maximum absolute atomic E-state index is 13.1. The van der Waals surface area contributed by atoms with E-state index in [2.05, 4.69) is 37.4 Å². The molecular weight excluding hydrogens is 370 g/mol. The third-order valence-electron chi connectivity index (χ3n) is 6.60. The van der Waals surface area contributed by atoms with Crippen LogP contribution < -0.4 is 5.32 Å². The van der Waals surface area contributed by atoms with E-state index in [1.807, 2.05) is 37.4 Å². The molecule has 0 aromatic carbocycles. The smallest absolute Gasteiger partial charge is 0.163 e. The lowest BCUT2D eigenvalue weighted by atomic mass is 9.77. The van der Waals surface area contributed by atoms with Crippen LogP contribution >= 0.6 is 0 Å². The quantitative estimate of drug-likeness (QED) is 0.310. The SMILES string of the molecule is C\C=C/C(=C\C=C\C1CCCCC1)C(=O)CC(C=O)C1=CNC2(C)CC=C(C)C=C12. The lowest BCUT2D eigenvalue weighted by Crippen LogP contribution is -2.38. The number of carbonyl (C=O) groups excluding carboxylic acids is 2. The highest BCUT2D eigenvalue weighted by Gasteiger charge is 2.38. The maximum Gasteiger partial charge on any atom is 0.163 e. The number of rotatable bonds is 8. The van der Waals surface area contributed by atoms with Gasteiger partial charge in [0.15, 0.2) is 5.78 Å². The van der Waals surface area contributed by atoms with Crippen molar-refractivity contribution in [1.82, 2.24) is 5.32 Å². The van der Waals surface area contributed by atoms with Crippen LogP contribution in [0.15, 0.2) is 71.0 Å². The zero-order valence-electron chi connectivity index (χ0n) is 18.6. The van der Waals surface area contributed by atoms with Crippen LogP contribution in [-0.4, -0.2) is 17.6 Å². The predicted octanol–water partition coefficient (Wildman–Crippen LogP) is 5.92. The van der Waals surface area contributed by atoms with Crippen LogP contribution in [0.4, 0.5) is 0 Å². The Balaban J connectivity index is 1.72. The second-order valence-electron chi connectivity index (χ2n) is 9.06. The van der Waals surface area contributed by atoms with Crippen molar-refractivity contribution in [1.29, 1.82) is 0 Å². The van der Waals surface area contributed by atoms with Crippen LogP contribution in [0.25, 0.3) is 0 Å². The first-order chi connectivity index (χ1) is 14.5. The molecule has 1 heterocycles. The monoisotopic (exact) mass is 405 g/mol. The highest BCUT2D eigenvalue weighted by Crippen LogP contribution is 2.40. The number of aldehydes is 1. The van der Waals surface area contributed by atoms with Crippen molar-refractivity contribution >= 4 is 12.1 Å². The molecule has 3 rings (SSSR count). The summed E-state index contributed by atoms with van der Waals surface area (Å²) in [5, 5.41) is 3.43. The Bertz CT molecular complexity index is 846. The summed E-state index contributed by atoms with van der Waals surface area (Å²) in [6.45, 7) is 6.14. The summed E-state index contributed by atoms with van der Waals surface area (Å²) >= 11 is 0. The molecule has 1 aliphatic heterocycles. The molecule has 3 aliphatic rings. The number of nitrogens with one attached hydrogen (secondary N) is 1. The minimum atomic E-state index is -0.431. The van der Waals surface area contributed by atoms with E-state index in [1.54, 1.807) is 0 Å². The summed E-state index contributed by atoms with van der Waals surface area (Å²) in [5.74, 6) is 0.207. The molecular formula is C27H35NO2. The summed E-state index contributed by atoms with van der Waals surface area (Å²) in [4.78, 5) is 25.0. The Kier molecular flexibility index (Phi) is 7.47. The molecule has 2 unspecified atom stereocenters. The van der Waals surface area contributed by atoms with E-state index in [9.17, 15) is 9.59 Å². The minimum Gasteiger partial charge on any atom is -0.381 e. The Morgan fingerprint density at radius 2 is 2.07 bits per heavy atom. The summed E-state index contributed by atoms with van der Waals surface area (Å²) in [6, 6.07) is 0. The highest BCUT2D eigenvalue weighted by molar-refractivity contribution is 5.99. The zero-order chi connectivity index (χ0) is 21.6. The summed E-state index contributed by atoms with van der Waals surface area (Å²) < 4.78 is 0. The second-order valence-corrected chi connectivity index (χ2v) is 9.06. The zero-order valence-corrected chi connectivity index (χ0v) is 18.6. The van der Waals surface area contributed by atoms with Gasteiger partial charge in [0.05, 0.1) is 5.54 Å². The van der Waals surface area contributed by atoms with Crippen LogP contribution in [-0.2, 0) is 9.59 Å². The largest absolute Gasteiger partial charge is 0.381 e. The molecule has 1 saturated carbocycles. The van der Waals surface area contributed by atoms with Crippen LogP contribution in [0.5, 0.6) is 0 Å². The molecule has 30 heavy (non-hydrogen) atoms. The van der Waals surface area contributed by atoms with Crippen molar-refractivity contribution in [3.8, 4) is 0 Å². The molecule has 160 valence electrons. The Morgan fingerprint density at radius 3 is 2.77 bits per heavy atom. The maximum atomic E-state index is 13.1.